The SMILES string of the molecule is CCC1=C(CC)C2=NC1=Cc1c(CC)c(CC)c3[n]1[Tl]([Cl])[n]1c(c(CC)c(CC)c1=CC1=NC(=C3)C(CC)=C1CC)=C2. The summed E-state index contributed by atoms with van der Waals surface area (Å²) < 4.78 is 5.25. The van der Waals surface area contributed by atoms with Crippen molar-refractivity contribution in [2.24, 2.45) is 9.98 Å². The van der Waals surface area contributed by atoms with E-state index in [9.17, 15) is 0 Å². The van der Waals surface area contributed by atoms with E-state index in [1.807, 2.05) is 0 Å². The van der Waals surface area contributed by atoms with E-state index >= 15 is 0 Å². The molecule has 0 spiro atoms. The summed E-state index contributed by atoms with van der Waals surface area (Å²) in [7, 11) is 8.08. The van der Waals surface area contributed by atoms with E-state index in [1.165, 1.54) is 66.6 Å². The van der Waals surface area contributed by atoms with Crippen molar-refractivity contribution in [1.82, 2.24) is 4.75 Å². The minimum atomic E-state index is -3.49. The first kappa shape index (κ1) is 29.9. The zero-order valence-corrected chi connectivity index (χ0v) is 32.0. The maximum absolute atomic E-state index is 8.08. The first-order valence-electron chi connectivity index (χ1n) is 16.3. The number of nitrogens with zero attached hydrogens (tertiary/aromatic N) is 4. The van der Waals surface area contributed by atoms with Crippen LogP contribution >= 0.6 is 8.32 Å². The second-order valence-corrected chi connectivity index (χ2v) is 21.4. The number of halogens is 1. The van der Waals surface area contributed by atoms with Crippen molar-refractivity contribution in [2.45, 2.75) is 107 Å². The molecule has 0 radical (unpaired) electrons. The molecule has 0 saturated carbocycles. The third kappa shape index (κ3) is 4.25. The van der Waals surface area contributed by atoms with Gasteiger partial charge in [0.15, 0.2) is 0 Å². The van der Waals surface area contributed by atoms with Crippen molar-refractivity contribution in [2.75, 3.05) is 0 Å². The molecule has 4 nitrogen and oxygen atoms in total. The van der Waals surface area contributed by atoms with Crippen molar-refractivity contribution in [3.63, 3.8) is 0 Å². The summed E-state index contributed by atoms with van der Waals surface area (Å²) in [4.78, 5) is 10.8. The zero-order chi connectivity index (χ0) is 29.9. The molecule has 0 unspecified atom stereocenters. The molecule has 6 heteroatoms. The van der Waals surface area contributed by atoms with Crippen molar-refractivity contribution < 1.29 is 0 Å². The molecule has 0 aromatic carbocycles. The first-order chi connectivity index (χ1) is 20.4. The molecular weight excluding hydrogens is 728 g/mol. The Morgan fingerprint density at radius 3 is 1.21 bits per heavy atom. The van der Waals surface area contributed by atoms with Crippen LogP contribution < -0.4 is 10.7 Å². The fraction of sp³-hybridized carbons (Fsp3) is 0.444. The molecule has 0 N–H and O–H groups in total. The molecule has 2 aromatic heterocycles. The van der Waals surface area contributed by atoms with Crippen molar-refractivity contribution in [1.29, 1.82) is 0 Å². The molecule has 42 heavy (non-hydrogen) atoms. The quantitative estimate of drug-likeness (QED) is 0.249. The normalized spacial score (nSPS) is 17.2. The molecule has 0 saturated heterocycles. The zero-order valence-electron chi connectivity index (χ0n) is 26.7. The number of fused-ring (bicyclic) bond motifs is 2. The molecule has 0 fully saturated rings. The molecule has 0 amide bonds. The fourth-order valence-electron chi connectivity index (χ4n) is 7.96. The molecule has 6 rings (SSSR count). The van der Waals surface area contributed by atoms with Gasteiger partial charge in [-0.3, -0.25) is 0 Å². The molecule has 4 aliphatic rings. The van der Waals surface area contributed by atoms with Crippen molar-refractivity contribution in [3.8, 4) is 0 Å². The van der Waals surface area contributed by atoms with Gasteiger partial charge >= 0.3 is 266 Å². The molecule has 6 bridgehead atoms. The number of hydrogen-bond acceptors (Lipinski definition) is 2. The number of aromatic nitrogens is 2. The summed E-state index contributed by atoms with van der Waals surface area (Å²) in [6.45, 7) is 18.3. The summed E-state index contributed by atoms with van der Waals surface area (Å²) in [5.74, 6) is 0. The molecule has 6 heterocycles. The monoisotopic (exact) mass is 772 g/mol. The van der Waals surface area contributed by atoms with Gasteiger partial charge in [-0.05, 0) is 0 Å². The van der Waals surface area contributed by atoms with Gasteiger partial charge in [0.05, 0.1) is 0 Å². The van der Waals surface area contributed by atoms with Crippen LogP contribution in [0.5, 0.6) is 0 Å². The van der Waals surface area contributed by atoms with Crippen LogP contribution in [0.15, 0.2) is 43.7 Å². The molecular formula is C36H44ClN4Tl. The first-order valence-corrected chi connectivity index (χ1v) is 25.9. The Hall–Kier alpha value is -2.19. The molecule has 0 atom stereocenters. The van der Waals surface area contributed by atoms with Gasteiger partial charge in [-0.2, -0.15) is 0 Å². The summed E-state index contributed by atoms with van der Waals surface area (Å²) in [6, 6.07) is 0. The number of hydrogen-bond donors (Lipinski definition) is 0. The van der Waals surface area contributed by atoms with Gasteiger partial charge in [0, 0.05) is 0 Å². The maximum atomic E-state index is 8.08. The van der Waals surface area contributed by atoms with Gasteiger partial charge < -0.3 is 0 Å². The number of allylic oxidation sites excluding steroid dienone is 4. The van der Waals surface area contributed by atoms with Gasteiger partial charge in [-0.25, -0.2) is 0 Å². The second kappa shape index (κ2) is 11.7. The molecule has 218 valence electrons. The van der Waals surface area contributed by atoms with Crippen molar-refractivity contribution in [3.05, 3.63) is 78.0 Å². The van der Waals surface area contributed by atoms with E-state index in [4.69, 9.17) is 18.3 Å². The minimum absolute atomic E-state index is 0.973. The average molecular weight is 773 g/mol. The Morgan fingerprint density at radius 1 is 0.500 bits per heavy atom. The topological polar surface area (TPSA) is 34.6 Å². The van der Waals surface area contributed by atoms with Crippen LogP contribution in [0.25, 0.3) is 24.3 Å². The van der Waals surface area contributed by atoms with Gasteiger partial charge in [-0.1, -0.05) is 0 Å². The van der Waals surface area contributed by atoms with Gasteiger partial charge in [0.2, 0.25) is 0 Å². The van der Waals surface area contributed by atoms with E-state index in [2.05, 4.69) is 84.4 Å². The third-order valence-corrected chi connectivity index (χ3v) is 20.9. The van der Waals surface area contributed by atoms with Gasteiger partial charge in [-0.15, -0.1) is 0 Å². The standard InChI is InChI=1S/C36H44N4.ClH.Tl/c1-9-21-22(10-2)30-18-32-25(13-5)26(14-6)34(39-32)20-36-28(16-8)27(15-7)35(40-36)19-33-24(12-4)23(11-3)31(38-33)17-29(21)37-30;;/h17-20H,9-16H2,1-8H3;1H;/q-2;;+3/p-1. The Labute approximate surface area is 264 Å². The second-order valence-electron chi connectivity index (χ2n) is 11.6. The number of rotatable bonds is 8. The molecule has 0 aliphatic carbocycles. The van der Waals surface area contributed by atoms with E-state index in [0.29, 0.717) is 0 Å². The van der Waals surface area contributed by atoms with Crippen LogP contribution in [0.1, 0.15) is 115 Å². The Balaban J connectivity index is 1.92. The predicted octanol–water partition coefficient (Wildman–Crippen LogP) is 7.57. The summed E-state index contributed by atoms with van der Waals surface area (Å²) in [5, 5.41) is 2.57. The summed E-state index contributed by atoms with van der Waals surface area (Å²) in [6.07, 6.45) is 17.4. The molecule has 4 aliphatic heterocycles. The van der Waals surface area contributed by atoms with E-state index in [0.717, 1.165) is 74.2 Å². The van der Waals surface area contributed by atoms with Crippen LogP contribution in [0.2, 0.25) is 0 Å². The van der Waals surface area contributed by atoms with Crippen LogP contribution in [-0.4, -0.2) is 38.3 Å². The van der Waals surface area contributed by atoms with Crippen LogP contribution in [0.4, 0.5) is 0 Å². The van der Waals surface area contributed by atoms with E-state index in [1.54, 1.807) is 0 Å². The van der Waals surface area contributed by atoms with Gasteiger partial charge in [0.25, 0.3) is 0 Å². The Bertz CT molecular complexity index is 1690. The summed E-state index contributed by atoms with van der Waals surface area (Å²) >= 11 is -3.49. The Kier molecular flexibility index (Phi) is 8.33. The van der Waals surface area contributed by atoms with Crippen molar-refractivity contribution >= 4 is 66.1 Å². The average Bonchev–Trinajstić information content (AvgIpc) is 3.69. The Morgan fingerprint density at radius 2 is 0.881 bits per heavy atom. The summed E-state index contributed by atoms with van der Waals surface area (Å²) in [5.41, 5.74) is 18.3. The fourth-order valence-corrected chi connectivity index (χ4v) is 19.7. The number of aliphatic imine (C=N–C) groups is 2. The van der Waals surface area contributed by atoms with Gasteiger partial charge in [0.1, 0.15) is 0 Å². The van der Waals surface area contributed by atoms with E-state index in [-0.39, 0.29) is 0 Å². The van der Waals surface area contributed by atoms with Crippen LogP contribution in [0, 0.1) is 0 Å². The third-order valence-electron chi connectivity index (χ3n) is 9.80. The van der Waals surface area contributed by atoms with E-state index < -0.39 is 22.1 Å². The predicted molar refractivity (Wildman–Crippen MR) is 183 cm³/mol. The van der Waals surface area contributed by atoms with Crippen LogP contribution in [-0.2, 0) is 25.7 Å². The van der Waals surface area contributed by atoms with Crippen LogP contribution in [0.3, 0.4) is 0 Å². The molecule has 2 aromatic rings.